The van der Waals surface area contributed by atoms with E-state index in [1.807, 2.05) is 0 Å². The maximum absolute atomic E-state index is 3.70. The lowest BCUT2D eigenvalue weighted by Gasteiger charge is -2.45. The van der Waals surface area contributed by atoms with Crippen LogP contribution in [-0.2, 0) is 0 Å². The van der Waals surface area contributed by atoms with Crippen LogP contribution < -0.4 is 5.32 Å². The van der Waals surface area contributed by atoms with Gasteiger partial charge in [-0.05, 0) is 25.7 Å². The normalized spacial score (nSPS) is 34.5. The van der Waals surface area contributed by atoms with Crippen LogP contribution in [0.4, 0.5) is 0 Å². The highest BCUT2D eigenvalue weighted by Crippen LogP contribution is 2.26. The van der Waals surface area contributed by atoms with E-state index in [2.05, 4.69) is 31.0 Å². The van der Waals surface area contributed by atoms with Gasteiger partial charge in [0.1, 0.15) is 0 Å². The lowest BCUT2D eigenvalue weighted by Crippen LogP contribution is -2.60. The van der Waals surface area contributed by atoms with Gasteiger partial charge in [-0.25, -0.2) is 0 Å². The summed E-state index contributed by atoms with van der Waals surface area (Å²) < 4.78 is 0. The highest BCUT2D eigenvalue weighted by Gasteiger charge is 2.31. The van der Waals surface area contributed by atoms with Crippen molar-refractivity contribution in [2.24, 2.45) is 5.92 Å². The molecule has 2 nitrogen and oxygen atoms in total. The van der Waals surface area contributed by atoms with Gasteiger partial charge in [-0.15, -0.1) is 0 Å². The van der Waals surface area contributed by atoms with Crippen molar-refractivity contribution in [3.8, 4) is 0 Å². The Balaban J connectivity index is 1.94. The Labute approximate surface area is 101 Å². The second-order valence-corrected chi connectivity index (χ2v) is 6.10. The van der Waals surface area contributed by atoms with Crippen LogP contribution in [0.25, 0.3) is 0 Å². The number of hydrogen-bond acceptors (Lipinski definition) is 2. The van der Waals surface area contributed by atoms with Crippen LogP contribution in [-0.4, -0.2) is 36.1 Å². The highest BCUT2D eigenvalue weighted by molar-refractivity contribution is 4.90. The van der Waals surface area contributed by atoms with Gasteiger partial charge < -0.3 is 5.32 Å². The van der Waals surface area contributed by atoms with Gasteiger partial charge in [-0.2, -0.15) is 0 Å². The average Bonchev–Trinajstić information content (AvgIpc) is 2.30. The van der Waals surface area contributed by atoms with Crippen LogP contribution in [0.15, 0.2) is 0 Å². The monoisotopic (exact) mass is 224 g/mol. The van der Waals surface area contributed by atoms with Crippen LogP contribution in [0.3, 0.4) is 0 Å². The second kappa shape index (κ2) is 5.50. The first-order chi connectivity index (χ1) is 7.68. The summed E-state index contributed by atoms with van der Waals surface area (Å²) >= 11 is 0. The molecule has 0 amide bonds. The van der Waals surface area contributed by atoms with Crippen molar-refractivity contribution in [3.63, 3.8) is 0 Å². The molecule has 1 heterocycles. The molecule has 0 aromatic carbocycles. The van der Waals surface area contributed by atoms with Crippen molar-refractivity contribution in [1.82, 2.24) is 10.2 Å². The Morgan fingerprint density at radius 3 is 2.44 bits per heavy atom. The molecular formula is C14H28N2. The lowest BCUT2D eigenvalue weighted by molar-refractivity contribution is 0.0597. The minimum absolute atomic E-state index is 0.707. The van der Waals surface area contributed by atoms with Crippen LogP contribution in [0.1, 0.15) is 52.9 Å². The van der Waals surface area contributed by atoms with Crippen molar-refractivity contribution in [3.05, 3.63) is 0 Å². The van der Waals surface area contributed by atoms with Gasteiger partial charge in [0.05, 0.1) is 0 Å². The first-order valence-electron chi connectivity index (χ1n) is 7.17. The number of piperazine rings is 1. The molecule has 0 radical (unpaired) electrons. The Morgan fingerprint density at radius 1 is 1.12 bits per heavy atom. The first kappa shape index (κ1) is 12.4. The number of hydrogen-bond donors (Lipinski definition) is 1. The molecule has 1 saturated heterocycles. The minimum Gasteiger partial charge on any atom is -0.311 e. The molecule has 2 aliphatic rings. The molecule has 0 aromatic rings. The largest absolute Gasteiger partial charge is 0.311 e. The molecule has 16 heavy (non-hydrogen) atoms. The van der Waals surface area contributed by atoms with Crippen molar-refractivity contribution < 1.29 is 0 Å². The van der Waals surface area contributed by atoms with Crippen LogP contribution in [0.5, 0.6) is 0 Å². The van der Waals surface area contributed by atoms with E-state index in [1.165, 1.54) is 45.2 Å². The fourth-order valence-electron chi connectivity index (χ4n) is 3.28. The molecule has 2 heteroatoms. The third-order valence-electron chi connectivity index (χ3n) is 4.50. The van der Waals surface area contributed by atoms with Gasteiger partial charge in [0.15, 0.2) is 0 Å². The van der Waals surface area contributed by atoms with Crippen LogP contribution in [0.2, 0.25) is 0 Å². The standard InChI is InChI=1S/C14H28N2/c1-11(2)14-10-16(12(3)9-15-14)13-7-5-4-6-8-13/h11-15H,4-10H2,1-3H3. The minimum atomic E-state index is 0.707. The van der Waals surface area contributed by atoms with Crippen molar-refractivity contribution >= 4 is 0 Å². The fourth-order valence-corrected chi connectivity index (χ4v) is 3.28. The maximum atomic E-state index is 3.70. The Bertz CT molecular complexity index is 209. The molecule has 2 rings (SSSR count). The molecule has 2 unspecified atom stereocenters. The second-order valence-electron chi connectivity index (χ2n) is 6.10. The summed E-state index contributed by atoms with van der Waals surface area (Å²) in [5.41, 5.74) is 0. The summed E-state index contributed by atoms with van der Waals surface area (Å²) in [4.78, 5) is 2.79. The van der Waals surface area contributed by atoms with E-state index in [4.69, 9.17) is 0 Å². The zero-order valence-electron chi connectivity index (χ0n) is 11.2. The first-order valence-corrected chi connectivity index (χ1v) is 7.17. The summed E-state index contributed by atoms with van der Waals surface area (Å²) in [6.45, 7) is 9.51. The average molecular weight is 224 g/mol. The van der Waals surface area contributed by atoms with Crippen molar-refractivity contribution in [1.29, 1.82) is 0 Å². The summed E-state index contributed by atoms with van der Waals surface area (Å²) in [6, 6.07) is 2.32. The third-order valence-corrected chi connectivity index (χ3v) is 4.50. The predicted molar refractivity (Wildman–Crippen MR) is 69.7 cm³/mol. The van der Waals surface area contributed by atoms with E-state index in [-0.39, 0.29) is 0 Å². The summed E-state index contributed by atoms with van der Waals surface area (Å²) in [5.74, 6) is 0.763. The summed E-state index contributed by atoms with van der Waals surface area (Å²) in [7, 11) is 0. The molecule has 1 aliphatic heterocycles. The molecule has 1 saturated carbocycles. The van der Waals surface area contributed by atoms with Gasteiger partial charge in [-0.3, -0.25) is 4.90 Å². The van der Waals surface area contributed by atoms with Crippen molar-refractivity contribution in [2.75, 3.05) is 13.1 Å². The molecule has 94 valence electrons. The van der Waals surface area contributed by atoms with Gasteiger partial charge in [0.2, 0.25) is 0 Å². The maximum Gasteiger partial charge on any atom is 0.0218 e. The SMILES string of the molecule is CC(C)C1CN(C2CCCCC2)C(C)CN1. The number of nitrogens with one attached hydrogen (secondary N) is 1. The van der Waals surface area contributed by atoms with Gasteiger partial charge in [-0.1, -0.05) is 33.1 Å². The molecule has 1 aliphatic carbocycles. The van der Waals surface area contributed by atoms with E-state index in [1.54, 1.807) is 0 Å². The van der Waals surface area contributed by atoms with E-state index in [0.717, 1.165) is 18.0 Å². The Hall–Kier alpha value is -0.0800. The lowest BCUT2D eigenvalue weighted by atomic mass is 9.90. The quantitative estimate of drug-likeness (QED) is 0.776. The van der Waals surface area contributed by atoms with E-state index < -0.39 is 0 Å². The number of rotatable bonds is 2. The zero-order chi connectivity index (χ0) is 11.5. The van der Waals surface area contributed by atoms with Crippen molar-refractivity contribution in [2.45, 2.75) is 71.0 Å². The Morgan fingerprint density at radius 2 is 1.81 bits per heavy atom. The zero-order valence-corrected chi connectivity index (χ0v) is 11.2. The Kier molecular flexibility index (Phi) is 4.26. The van der Waals surface area contributed by atoms with E-state index in [9.17, 15) is 0 Å². The molecule has 2 fully saturated rings. The van der Waals surface area contributed by atoms with E-state index in [0.29, 0.717) is 6.04 Å². The van der Waals surface area contributed by atoms with Gasteiger partial charge >= 0.3 is 0 Å². The van der Waals surface area contributed by atoms with E-state index >= 15 is 0 Å². The van der Waals surface area contributed by atoms with Gasteiger partial charge in [0, 0.05) is 31.2 Å². The topological polar surface area (TPSA) is 15.3 Å². The molecule has 2 atom stereocenters. The third kappa shape index (κ3) is 2.78. The predicted octanol–water partition coefficient (Wildman–Crippen LogP) is 2.64. The van der Waals surface area contributed by atoms with Crippen LogP contribution >= 0.6 is 0 Å². The molecule has 0 spiro atoms. The highest BCUT2D eigenvalue weighted by atomic mass is 15.3. The van der Waals surface area contributed by atoms with Gasteiger partial charge in [0.25, 0.3) is 0 Å². The molecule has 1 N–H and O–H groups in total. The number of nitrogens with zero attached hydrogens (tertiary/aromatic N) is 1. The molecular weight excluding hydrogens is 196 g/mol. The smallest absolute Gasteiger partial charge is 0.0218 e. The summed E-state index contributed by atoms with van der Waals surface area (Å²) in [6.07, 6.45) is 7.25. The molecule has 0 aromatic heterocycles. The fraction of sp³-hybridized carbons (Fsp3) is 1.00. The molecule has 0 bridgehead atoms. The summed E-state index contributed by atoms with van der Waals surface area (Å²) in [5, 5.41) is 3.70. The van der Waals surface area contributed by atoms with Crippen LogP contribution in [0, 0.1) is 5.92 Å².